The normalized spacial score (nSPS) is 11.6. The summed E-state index contributed by atoms with van der Waals surface area (Å²) in [4.78, 5) is 5.27. The summed E-state index contributed by atoms with van der Waals surface area (Å²) in [6.45, 7) is 0. The molecular formula is C36H23N2S+. The van der Waals surface area contributed by atoms with Gasteiger partial charge in [-0.05, 0) is 64.0 Å². The van der Waals surface area contributed by atoms with Crippen molar-refractivity contribution in [3.05, 3.63) is 140 Å². The van der Waals surface area contributed by atoms with Crippen molar-refractivity contribution in [3.63, 3.8) is 0 Å². The van der Waals surface area contributed by atoms with E-state index in [1.165, 1.54) is 42.1 Å². The van der Waals surface area contributed by atoms with E-state index in [9.17, 15) is 0 Å². The topological polar surface area (TPSA) is 16.8 Å². The standard InChI is InChI=1S/C36H23N2S/c1-3-12-24(13-4-1)30-22-31-34-29(19-11-21-33(34)39-35(31)28-18-9-8-17-27(28)30)36-37-32-20-10-7-14-25(32)23-38(36)26-15-5-2-6-16-26/h1-23H/q+1. The molecule has 2 heterocycles. The maximum Gasteiger partial charge on any atom is 0.336 e. The third-order valence-electron chi connectivity index (χ3n) is 7.52. The Morgan fingerprint density at radius 3 is 2.13 bits per heavy atom. The lowest BCUT2D eigenvalue weighted by Gasteiger charge is -2.10. The largest absolute Gasteiger partial charge is 0.336 e. The van der Waals surface area contributed by atoms with Crippen LogP contribution in [-0.2, 0) is 0 Å². The van der Waals surface area contributed by atoms with E-state index in [1.54, 1.807) is 0 Å². The highest BCUT2D eigenvalue weighted by molar-refractivity contribution is 7.26. The average molecular weight is 516 g/mol. The molecule has 2 aromatic heterocycles. The van der Waals surface area contributed by atoms with Crippen LogP contribution < -0.4 is 4.57 Å². The van der Waals surface area contributed by atoms with Gasteiger partial charge >= 0.3 is 5.82 Å². The molecule has 0 unspecified atom stereocenters. The van der Waals surface area contributed by atoms with Crippen LogP contribution in [0.15, 0.2) is 140 Å². The fraction of sp³-hybridized carbons (Fsp3) is 0. The van der Waals surface area contributed by atoms with Crippen molar-refractivity contribution in [1.82, 2.24) is 4.98 Å². The molecule has 0 aliphatic carbocycles. The summed E-state index contributed by atoms with van der Waals surface area (Å²) in [6.07, 6.45) is 2.21. The van der Waals surface area contributed by atoms with E-state index in [1.807, 2.05) is 11.3 Å². The van der Waals surface area contributed by atoms with E-state index in [4.69, 9.17) is 4.98 Å². The zero-order valence-corrected chi connectivity index (χ0v) is 21.9. The van der Waals surface area contributed by atoms with Crippen molar-refractivity contribution in [2.75, 3.05) is 0 Å². The molecule has 8 aromatic rings. The van der Waals surface area contributed by atoms with Crippen molar-refractivity contribution in [2.45, 2.75) is 0 Å². The minimum Gasteiger partial charge on any atom is -0.195 e. The van der Waals surface area contributed by atoms with Gasteiger partial charge in [-0.15, -0.1) is 11.3 Å². The fourth-order valence-corrected chi connectivity index (χ4v) is 6.98. The Hall–Kier alpha value is -4.86. The second-order valence-electron chi connectivity index (χ2n) is 9.82. The third-order valence-corrected chi connectivity index (χ3v) is 8.73. The summed E-state index contributed by atoms with van der Waals surface area (Å²) in [5, 5.41) is 6.23. The fourth-order valence-electron chi connectivity index (χ4n) is 5.73. The van der Waals surface area contributed by atoms with Crippen LogP contribution >= 0.6 is 11.3 Å². The van der Waals surface area contributed by atoms with E-state index in [0.717, 1.165) is 28.0 Å². The van der Waals surface area contributed by atoms with Crippen LogP contribution in [0.5, 0.6) is 0 Å². The van der Waals surface area contributed by atoms with Gasteiger partial charge in [-0.2, -0.15) is 4.57 Å². The zero-order chi connectivity index (χ0) is 25.8. The summed E-state index contributed by atoms with van der Waals surface area (Å²) in [5.41, 5.74) is 5.72. The molecule has 2 nitrogen and oxygen atoms in total. The number of hydrogen-bond donors (Lipinski definition) is 0. The Balaban J connectivity index is 1.51. The number of para-hydroxylation sites is 2. The summed E-state index contributed by atoms with van der Waals surface area (Å²) in [6, 6.07) is 47.4. The van der Waals surface area contributed by atoms with Crippen molar-refractivity contribution in [1.29, 1.82) is 0 Å². The number of benzene rings is 6. The highest BCUT2D eigenvalue weighted by Crippen LogP contribution is 2.45. The van der Waals surface area contributed by atoms with Gasteiger partial charge in [0.15, 0.2) is 5.52 Å². The Morgan fingerprint density at radius 2 is 1.28 bits per heavy atom. The number of fused-ring (bicyclic) bond motifs is 6. The summed E-state index contributed by atoms with van der Waals surface area (Å²) in [5.74, 6) is 0.944. The van der Waals surface area contributed by atoms with Gasteiger partial charge in [0.1, 0.15) is 11.9 Å². The average Bonchev–Trinajstić information content (AvgIpc) is 3.40. The highest BCUT2D eigenvalue weighted by Gasteiger charge is 2.24. The minimum absolute atomic E-state index is 0.944. The predicted octanol–water partition coefficient (Wildman–Crippen LogP) is 9.37. The van der Waals surface area contributed by atoms with Crippen LogP contribution in [0, 0.1) is 0 Å². The van der Waals surface area contributed by atoms with E-state index >= 15 is 0 Å². The molecule has 0 spiro atoms. The summed E-state index contributed by atoms with van der Waals surface area (Å²) >= 11 is 1.87. The molecule has 0 aliphatic rings. The van der Waals surface area contributed by atoms with E-state index in [-0.39, 0.29) is 0 Å². The van der Waals surface area contributed by atoms with Crippen molar-refractivity contribution in [2.24, 2.45) is 0 Å². The smallest absolute Gasteiger partial charge is 0.195 e. The predicted molar refractivity (Wildman–Crippen MR) is 165 cm³/mol. The van der Waals surface area contributed by atoms with Gasteiger partial charge in [-0.3, -0.25) is 0 Å². The van der Waals surface area contributed by atoms with Crippen LogP contribution in [0.1, 0.15) is 0 Å². The molecule has 0 N–H and O–H groups in total. The van der Waals surface area contributed by atoms with Gasteiger partial charge in [0, 0.05) is 25.6 Å². The molecule has 39 heavy (non-hydrogen) atoms. The molecule has 0 bridgehead atoms. The number of aromatic nitrogens is 2. The van der Waals surface area contributed by atoms with Crippen LogP contribution in [0.2, 0.25) is 0 Å². The molecule has 0 saturated carbocycles. The molecule has 0 saturated heterocycles. The van der Waals surface area contributed by atoms with Gasteiger partial charge < -0.3 is 0 Å². The van der Waals surface area contributed by atoms with Crippen molar-refractivity contribution in [3.8, 4) is 28.2 Å². The number of nitrogens with zero attached hydrogens (tertiary/aromatic N) is 2. The molecule has 0 atom stereocenters. The quantitative estimate of drug-likeness (QED) is 0.214. The van der Waals surface area contributed by atoms with Crippen LogP contribution in [0.4, 0.5) is 0 Å². The summed E-state index contributed by atoms with van der Waals surface area (Å²) < 4.78 is 4.83. The number of hydrogen-bond acceptors (Lipinski definition) is 2. The molecule has 6 aromatic carbocycles. The lowest BCUT2D eigenvalue weighted by Crippen LogP contribution is -2.34. The Kier molecular flexibility index (Phi) is 5.04. The van der Waals surface area contributed by atoms with Crippen LogP contribution in [0.3, 0.4) is 0 Å². The van der Waals surface area contributed by atoms with E-state index in [0.29, 0.717) is 0 Å². The van der Waals surface area contributed by atoms with Gasteiger partial charge in [-0.25, -0.2) is 0 Å². The number of rotatable bonds is 3. The first-order valence-electron chi connectivity index (χ1n) is 13.1. The first kappa shape index (κ1) is 22.2. The van der Waals surface area contributed by atoms with Gasteiger partial charge in [0.25, 0.3) is 0 Å². The molecule has 0 fully saturated rings. The maximum atomic E-state index is 5.27. The van der Waals surface area contributed by atoms with Gasteiger partial charge in [-0.1, -0.05) is 91.0 Å². The molecular weight excluding hydrogens is 492 g/mol. The lowest BCUT2D eigenvalue weighted by atomic mass is 9.94. The zero-order valence-electron chi connectivity index (χ0n) is 21.1. The molecule has 182 valence electrons. The molecule has 3 heteroatoms. The van der Waals surface area contributed by atoms with Crippen LogP contribution in [0.25, 0.3) is 70.0 Å². The van der Waals surface area contributed by atoms with E-state index in [2.05, 4.69) is 144 Å². The Labute approximate surface area is 230 Å². The summed E-state index contributed by atoms with van der Waals surface area (Å²) in [7, 11) is 0. The maximum absolute atomic E-state index is 5.27. The SMILES string of the molecule is c1ccc(-c2cc3c(sc4cccc(-c5nc6ccccc6c[n+]5-c5ccccc5)c43)c3ccccc23)cc1. The second kappa shape index (κ2) is 8.87. The molecule has 0 amide bonds. The van der Waals surface area contributed by atoms with E-state index < -0.39 is 0 Å². The monoisotopic (exact) mass is 515 g/mol. The van der Waals surface area contributed by atoms with Crippen molar-refractivity contribution >= 4 is 53.2 Å². The molecule has 8 rings (SSSR count). The molecule has 0 radical (unpaired) electrons. The van der Waals surface area contributed by atoms with Gasteiger partial charge in [0.2, 0.25) is 0 Å². The second-order valence-corrected chi connectivity index (χ2v) is 10.9. The minimum atomic E-state index is 0.944. The van der Waals surface area contributed by atoms with Gasteiger partial charge in [0.05, 0.1) is 10.9 Å². The first-order valence-corrected chi connectivity index (χ1v) is 14.0. The lowest BCUT2D eigenvalue weighted by molar-refractivity contribution is -0.585. The first-order chi connectivity index (χ1) is 19.3. The third kappa shape index (κ3) is 3.55. The number of thiophene rings is 1. The van der Waals surface area contributed by atoms with Crippen LogP contribution in [-0.4, -0.2) is 4.98 Å². The Morgan fingerprint density at radius 1 is 0.564 bits per heavy atom. The van der Waals surface area contributed by atoms with Crippen molar-refractivity contribution < 1.29 is 4.57 Å². The highest BCUT2D eigenvalue weighted by atomic mass is 32.1. The Bertz CT molecular complexity index is 2160. The molecule has 0 aliphatic heterocycles.